The van der Waals surface area contributed by atoms with Gasteiger partial charge in [0.15, 0.2) is 0 Å². The molecule has 6 nitrogen and oxygen atoms in total. The van der Waals surface area contributed by atoms with Gasteiger partial charge >= 0.3 is 0 Å². The molecule has 0 aliphatic heterocycles. The Morgan fingerprint density at radius 3 is 2.61 bits per heavy atom. The molecule has 1 N–H and O–H groups in total. The van der Waals surface area contributed by atoms with Crippen LogP contribution in [0.1, 0.15) is 22.6 Å². The molecule has 0 unspecified atom stereocenters. The van der Waals surface area contributed by atoms with Crippen molar-refractivity contribution in [1.82, 2.24) is 30.1 Å². The van der Waals surface area contributed by atoms with Crippen molar-refractivity contribution in [3.05, 3.63) is 28.8 Å². The lowest BCUT2D eigenvalue weighted by Crippen LogP contribution is -2.10. The van der Waals surface area contributed by atoms with E-state index in [-0.39, 0.29) is 0 Å². The normalized spacial score (nSPS) is 11.1. The van der Waals surface area contributed by atoms with Crippen molar-refractivity contribution in [2.24, 2.45) is 0 Å². The van der Waals surface area contributed by atoms with Gasteiger partial charge in [-0.1, -0.05) is 5.21 Å². The Balaban J connectivity index is 2.00. The summed E-state index contributed by atoms with van der Waals surface area (Å²) < 4.78 is 3.89. The lowest BCUT2D eigenvalue weighted by atomic mass is 10.2. The largest absolute Gasteiger partial charge is 0.314 e. The maximum atomic E-state index is 4.51. The van der Waals surface area contributed by atoms with Crippen LogP contribution in [0.15, 0.2) is 6.20 Å². The van der Waals surface area contributed by atoms with Crippen molar-refractivity contribution in [3.8, 4) is 0 Å². The number of aryl methyl sites for hydroxylation is 3. The van der Waals surface area contributed by atoms with Gasteiger partial charge in [0.05, 0.1) is 24.5 Å². The van der Waals surface area contributed by atoms with Crippen LogP contribution in [-0.2, 0) is 19.6 Å². The molecule has 0 saturated heterocycles. The zero-order valence-corrected chi connectivity index (χ0v) is 11.4. The predicted molar refractivity (Wildman–Crippen MR) is 69.2 cm³/mol. The minimum absolute atomic E-state index is 0.749. The van der Waals surface area contributed by atoms with Gasteiger partial charge in [0.2, 0.25) is 0 Å². The molecular formula is C12H20N6. The molecule has 98 valence electrons. The van der Waals surface area contributed by atoms with E-state index in [1.54, 1.807) is 0 Å². The summed E-state index contributed by atoms with van der Waals surface area (Å²) in [7, 11) is 1.90. The summed E-state index contributed by atoms with van der Waals surface area (Å²) in [5.41, 5.74) is 4.55. The lowest BCUT2D eigenvalue weighted by molar-refractivity contribution is 0.481. The molecule has 2 aromatic rings. The zero-order chi connectivity index (χ0) is 13.1. The molecule has 0 aliphatic carbocycles. The Morgan fingerprint density at radius 2 is 2.00 bits per heavy atom. The fourth-order valence-electron chi connectivity index (χ4n) is 1.91. The van der Waals surface area contributed by atoms with E-state index in [0.29, 0.717) is 0 Å². The van der Waals surface area contributed by atoms with E-state index in [1.807, 2.05) is 29.5 Å². The lowest BCUT2D eigenvalue weighted by Gasteiger charge is -2.04. The monoisotopic (exact) mass is 248 g/mol. The first-order valence-electron chi connectivity index (χ1n) is 6.16. The third-order valence-electron chi connectivity index (χ3n) is 3.23. The first-order valence-corrected chi connectivity index (χ1v) is 6.16. The Hall–Kier alpha value is -1.69. The van der Waals surface area contributed by atoms with E-state index < -0.39 is 0 Å². The Labute approximate surface area is 107 Å². The van der Waals surface area contributed by atoms with E-state index in [4.69, 9.17) is 0 Å². The van der Waals surface area contributed by atoms with Crippen molar-refractivity contribution in [2.75, 3.05) is 7.05 Å². The maximum Gasteiger partial charge on any atom is 0.0964 e. The number of aromatic nitrogens is 5. The maximum absolute atomic E-state index is 4.51. The van der Waals surface area contributed by atoms with Crippen molar-refractivity contribution in [2.45, 2.75) is 40.4 Å². The van der Waals surface area contributed by atoms with Gasteiger partial charge in [-0.2, -0.15) is 5.10 Å². The smallest absolute Gasteiger partial charge is 0.0964 e. The third-order valence-corrected chi connectivity index (χ3v) is 3.23. The summed E-state index contributed by atoms with van der Waals surface area (Å²) in [6.07, 6.45) is 1.97. The molecule has 0 aliphatic rings. The van der Waals surface area contributed by atoms with E-state index in [2.05, 4.69) is 34.6 Å². The van der Waals surface area contributed by atoms with Gasteiger partial charge in [0, 0.05) is 18.4 Å². The summed E-state index contributed by atoms with van der Waals surface area (Å²) in [4.78, 5) is 0. The van der Waals surface area contributed by atoms with Crippen LogP contribution in [0.25, 0.3) is 0 Å². The summed E-state index contributed by atoms with van der Waals surface area (Å²) in [5.74, 6) is 0. The molecule has 0 aromatic carbocycles. The standard InChI is InChI=1S/C12H20N6/c1-9-10(2)15-18(11(9)3)6-5-17-8-12(7-13-4)14-16-17/h8,13H,5-7H2,1-4H3. The molecular weight excluding hydrogens is 228 g/mol. The number of rotatable bonds is 5. The third kappa shape index (κ3) is 2.59. The van der Waals surface area contributed by atoms with Crippen LogP contribution in [0, 0.1) is 20.8 Å². The zero-order valence-electron chi connectivity index (χ0n) is 11.4. The van der Waals surface area contributed by atoms with Gasteiger partial charge in [0.25, 0.3) is 0 Å². The van der Waals surface area contributed by atoms with Crippen molar-refractivity contribution < 1.29 is 0 Å². The molecule has 0 amide bonds. The van der Waals surface area contributed by atoms with Gasteiger partial charge < -0.3 is 5.32 Å². The van der Waals surface area contributed by atoms with Gasteiger partial charge in [-0.15, -0.1) is 5.10 Å². The highest BCUT2D eigenvalue weighted by Crippen LogP contribution is 2.10. The van der Waals surface area contributed by atoms with E-state index in [1.165, 1.54) is 11.3 Å². The molecule has 2 rings (SSSR count). The highest BCUT2D eigenvalue weighted by molar-refractivity contribution is 5.21. The van der Waals surface area contributed by atoms with Crippen molar-refractivity contribution in [3.63, 3.8) is 0 Å². The first kappa shape index (κ1) is 12.8. The topological polar surface area (TPSA) is 60.6 Å². The number of nitrogens with one attached hydrogen (secondary N) is 1. The Kier molecular flexibility index (Phi) is 3.76. The minimum Gasteiger partial charge on any atom is -0.314 e. The van der Waals surface area contributed by atoms with Crippen LogP contribution in [0.5, 0.6) is 0 Å². The highest BCUT2D eigenvalue weighted by atomic mass is 15.4. The van der Waals surface area contributed by atoms with E-state index in [9.17, 15) is 0 Å². The second-order valence-electron chi connectivity index (χ2n) is 4.52. The SMILES string of the molecule is CNCc1cn(CCn2nc(C)c(C)c2C)nn1. The van der Waals surface area contributed by atoms with Crippen molar-refractivity contribution in [1.29, 1.82) is 0 Å². The number of hydrogen-bond donors (Lipinski definition) is 1. The fourth-order valence-corrected chi connectivity index (χ4v) is 1.91. The van der Waals surface area contributed by atoms with Gasteiger partial charge in [0.1, 0.15) is 0 Å². The molecule has 0 spiro atoms. The molecule has 0 radical (unpaired) electrons. The van der Waals surface area contributed by atoms with Crippen LogP contribution in [0.2, 0.25) is 0 Å². The molecule has 0 bridgehead atoms. The van der Waals surface area contributed by atoms with Gasteiger partial charge in [-0.05, 0) is 33.4 Å². The van der Waals surface area contributed by atoms with E-state index in [0.717, 1.165) is 31.0 Å². The Bertz CT molecular complexity index is 525. The van der Waals surface area contributed by atoms with Crippen LogP contribution < -0.4 is 5.32 Å². The highest BCUT2D eigenvalue weighted by Gasteiger charge is 2.07. The molecule has 0 fully saturated rings. The summed E-state index contributed by atoms with van der Waals surface area (Å²) in [5, 5.41) is 15.7. The predicted octanol–water partition coefficient (Wildman–Crippen LogP) is 0.819. The molecule has 0 saturated carbocycles. The summed E-state index contributed by atoms with van der Waals surface area (Å²) >= 11 is 0. The average molecular weight is 248 g/mol. The minimum atomic E-state index is 0.749. The van der Waals surface area contributed by atoms with Gasteiger partial charge in [-0.25, -0.2) is 0 Å². The molecule has 2 heterocycles. The first-order chi connectivity index (χ1) is 8.61. The Morgan fingerprint density at radius 1 is 1.22 bits per heavy atom. The quantitative estimate of drug-likeness (QED) is 0.851. The van der Waals surface area contributed by atoms with Crippen LogP contribution >= 0.6 is 0 Å². The number of nitrogens with zero attached hydrogens (tertiary/aromatic N) is 5. The number of hydrogen-bond acceptors (Lipinski definition) is 4. The molecule has 18 heavy (non-hydrogen) atoms. The summed E-state index contributed by atoms with van der Waals surface area (Å²) in [6, 6.07) is 0. The average Bonchev–Trinajstić information content (AvgIpc) is 2.88. The van der Waals surface area contributed by atoms with Crippen LogP contribution in [0.4, 0.5) is 0 Å². The molecule has 6 heteroatoms. The van der Waals surface area contributed by atoms with Gasteiger partial charge in [-0.3, -0.25) is 9.36 Å². The second-order valence-corrected chi connectivity index (χ2v) is 4.52. The summed E-state index contributed by atoms with van der Waals surface area (Å²) in [6.45, 7) is 8.61. The van der Waals surface area contributed by atoms with Crippen LogP contribution in [0.3, 0.4) is 0 Å². The fraction of sp³-hybridized carbons (Fsp3) is 0.583. The van der Waals surface area contributed by atoms with E-state index >= 15 is 0 Å². The molecule has 0 atom stereocenters. The van der Waals surface area contributed by atoms with Crippen molar-refractivity contribution >= 4 is 0 Å². The van der Waals surface area contributed by atoms with Crippen LogP contribution in [-0.4, -0.2) is 31.8 Å². The second kappa shape index (κ2) is 5.30. The molecule has 2 aromatic heterocycles.